The molecule has 7 heteroatoms. The average molecular weight is 355 g/mol. The molecule has 0 bridgehead atoms. The van der Waals surface area contributed by atoms with Crippen LogP contribution in [0.5, 0.6) is 5.75 Å². The number of benzene rings is 2. The average Bonchev–Trinajstić information content (AvgIpc) is 3.05. The number of rotatable bonds is 5. The molecule has 0 aliphatic carbocycles. The smallest absolute Gasteiger partial charge is 0.270 e. The molecule has 6 nitrogen and oxygen atoms in total. The molecule has 0 spiro atoms. The first-order valence-corrected chi connectivity index (χ1v) is 8.63. The van der Waals surface area contributed by atoms with E-state index >= 15 is 0 Å². The molecule has 3 rings (SSSR count). The number of ether oxygens (including phenoxy) is 1. The second kappa shape index (κ2) is 7.31. The van der Waals surface area contributed by atoms with Crippen molar-refractivity contribution in [1.82, 2.24) is 4.57 Å². The van der Waals surface area contributed by atoms with Gasteiger partial charge >= 0.3 is 0 Å². The quantitative estimate of drug-likeness (QED) is 0.503. The Bertz CT molecular complexity index is 975. The zero-order chi connectivity index (χ0) is 17.8. The van der Waals surface area contributed by atoms with Crippen LogP contribution in [0.15, 0.2) is 58.9 Å². The molecule has 0 unspecified atom stereocenters. The number of para-hydroxylation sites is 2. The Balaban J connectivity index is 2.12. The molecule has 0 radical (unpaired) electrons. The molecule has 0 fully saturated rings. The van der Waals surface area contributed by atoms with E-state index in [9.17, 15) is 10.1 Å². The van der Waals surface area contributed by atoms with Gasteiger partial charge in [-0.3, -0.25) is 10.1 Å². The Morgan fingerprint density at radius 2 is 2.04 bits per heavy atom. The van der Waals surface area contributed by atoms with E-state index in [1.54, 1.807) is 19.2 Å². The van der Waals surface area contributed by atoms with Crippen molar-refractivity contribution < 1.29 is 9.66 Å². The van der Waals surface area contributed by atoms with Crippen molar-refractivity contribution in [3.8, 4) is 17.0 Å². The summed E-state index contributed by atoms with van der Waals surface area (Å²) in [5.74, 6) is 0.704. The largest absolute Gasteiger partial charge is 0.494 e. The van der Waals surface area contributed by atoms with Gasteiger partial charge in [0, 0.05) is 29.6 Å². The standard InChI is InChI=1S/C18H17N3O3S/c1-3-20-16(13-7-6-8-14(11-13)21(22)23)12-25-18(20)19-15-9-4-5-10-17(15)24-2/h4-12H,3H2,1-2H3. The molecule has 2 aromatic carbocycles. The molecule has 0 saturated heterocycles. The summed E-state index contributed by atoms with van der Waals surface area (Å²) >= 11 is 1.49. The van der Waals surface area contributed by atoms with Crippen molar-refractivity contribution in [3.05, 3.63) is 68.8 Å². The highest BCUT2D eigenvalue weighted by atomic mass is 32.1. The summed E-state index contributed by atoms with van der Waals surface area (Å²) in [6, 6.07) is 14.2. The van der Waals surface area contributed by atoms with Crippen LogP contribution in [0, 0.1) is 10.1 Å². The van der Waals surface area contributed by atoms with Crippen molar-refractivity contribution in [2.45, 2.75) is 13.5 Å². The number of nitro benzene ring substituents is 1. The van der Waals surface area contributed by atoms with Crippen molar-refractivity contribution in [1.29, 1.82) is 0 Å². The normalized spacial score (nSPS) is 11.5. The number of thiazole rings is 1. The number of hydrogen-bond acceptors (Lipinski definition) is 5. The van der Waals surface area contributed by atoms with E-state index in [1.165, 1.54) is 17.4 Å². The minimum Gasteiger partial charge on any atom is -0.494 e. The van der Waals surface area contributed by atoms with Crippen LogP contribution in [-0.4, -0.2) is 16.6 Å². The number of aromatic nitrogens is 1. The van der Waals surface area contributed by atoms with Gasteiger partial charge in [-0.15, -0.1) is 11.3 Å². The predicted molar refractivity (Wildman–Crippen MR) is 98.3 cm³/mol. The van der Waals surface area contributed by atoms with Gasteiger partial charge in [0.1, 0.15) is 11.4 Å². The molecule has 1 aromatic heterocycles. The van der Waals surface area contributed by atoms with Crippen LogP contribution in [0.2, 0.25) is 0 Å². The summed E-state index contributed by atoms with van der Waals surface area (Å²) in [6.45, 7) is 2.73. The van der Waals surface area contributed by atoms with Gasteiger partial charge in [0.05, 0.1) is 17.7 Å². The highest BCUT2D eigenvalue weighted by Gasteiger charge is 2.11. The molecule has 0 N–H and O–H groups in total. The van der Waals surface area contributed by atoms with E-state index in [-0.39, 0.29) is 10.6 Å². The molecular weight excluding hydrogens is 338 g/mol. The summed E-state index contributed by atoms with van der Waals surface area (Å²) in [7, 11) is 1.62. The fraction of sp³-hybridized carbons (Fsp3) is 0.167. The van der Waals surface area contributed by atoms with Gasteiger partial charge in [0.25, 0.3) is 5.69 Å². The highest BCUT2D eigenvalue weighted by molar-refractivity contribution is 7.07. The molecule has 0 aliphatic rings. The lowest BCUT2D eigenvalue weighted by atomic mass is 10.1. The van der Waals surface area contributed by atoms with Crippen molar-refractivity contribution >= 4 is 22.7 Å². The highest BCUT2D eigenvalue weighted by Crippen LogP contribution is 2.27. The van der Waals surface area contributed by atoms with Gasteiger partial charge in [-0.1, -0.05) is 24.3 Å². The summed E-state index contributed by atoms with van der Waals surface area (Å²) in [4.78, 5) is 16.2. The van der Waals surface area contributed by atoms with Crippen molar-refractivity contribution in [2.75, 3.05) is 7.11 Å². The first kappa shape index (κ1) is 16.9. The van der Waals surface area contributed by atoms with Crippen LogP contribution in [0.3, 0.4) is 0 Å². The lowest BCUT2D eigenvalue weighted by molar-refractivity contribution is -0.384. The Morgan fingerprint density at radius 3 is 2.76 bits per heavy atom. The third-order valence-corrected chi connectivity index (χ3v) is 4.63. The molecule has 25 heavy (non-hydrogen) atoms. The first-order valence-electron chi connectivity index (χ1n) is 7.75. The molecule has 1 heterocycles. The van der Waals surface area contributed by atoms with Crippen LogP contribution in [0.1, 0.15) is 6.92 Å². The number of non-ortho nitro benzene ring substituents is 1. The number of hydrogen-bond donors (Lipinski definition) is 0. The molecule has 0 amide bonds. The Labute approximate surface area is 148 Å². The van der Waals surface area contributed by atoms with Gasteiger partial charge in [0.2, 0.25) is 0 Å². The second-order valence-electron chi connectivity index (χ2n) is 5.24. The van der Waals surface area contributed by atoms with E-state index in [4.69, 9.17) is 9.73 Å². The van der Waals surface area contributed by atoms with Gasteiger partial charge in [-0.25, -0.2) is 4.99 Å². The van der Waals surface area contributed by atoms with Gasteiger partial charge in [-0.2, -0.15) is 0 Å². The minimum absolute atomic E-state index is 0.0783. The molecule has 0 saturated carbocycles. The van der Waals surface area contributed by atoms with E-state index in [0.717, 1.165) is 21.7 Å². The van der Waals surface area contributed by atoms with E-state index in [0.29, 0.717) is 12.3 Å². The van der Waals surface area contributed by atoms with E-state index in [2.05, 4.69) is 0 Å². The minimum atomic E-state index is -0.383. The van der Waals surface area contributed by atoms with E-state index < -0.39 is 0 Å². The number of nitrogens with zero attached hydrogens (tertiary/aromatic N) is 3. The van der Waals surface area contributed by atoms with Gasteiger partial charge < -0.3 is 9.30 Å². The maximum absolute atomic E-state index is 11.0. The van der Waals surface area contributed by atoms with Crippen LogP contribution in [0.4, 0.5) is 11.4 Å². The Morgan fingerprint density at radius 1 is 1.24 bits per heavy atom. The summed E-state index contributed by atoms with van der Waals surface area (Å²) in [5.41, 5.74) is 2.54. The third kappa shape index (κ3) is 3.46. The lowest BCUT2D eigenvalue weighted by Crippen LogP contribution is -2.14. The third-order valence-electron chi connectivity index (χ3n) is 3.77. The summed E-state index contributed by atoms with van der Waals surface area (Å²) in [6.07, 6.45) is 0. The maximum Gasteiger partial charge on any atom is 0.270 e. The predicted octanol–water partition coefficient (Wildman–Crippen LogP) is 4.39. The first-order chi connectivity index (χ1) is 12.1. The fourth-order valence-electron chi connectivity index (χ4n) is 2.56. The Hall–Kier alpha value is -2.93. The molecule has 0 atom stereocenters. The van der Waals surface area contributed by atoms with Crippen LogP contribution in [0.25, 0.3) is 11.3 Å². The SMILES string of the molecule is CCn1c(-c2cccc([N+](=O)[O-])c2)csc1=Nc1ccccc1OC. The van der Waals surface area contributed by atoms with E-state index in [1.807, 2.05) is 47.2 Å². The van der Waals surface area contributed by atoms with Gasteiger partial charge in [-0.05, 0) is 19.1 Å². The zero-order valence-corrected chi connectivity index (χ0v) is 14.7. The van der Waals surface area contributed by atoms with Crippen molar-refractivity contribution in [2.24, 2.45) is 4.99 Å². The number of nitro groups is 1. The maximum atomic E-state index is 11.0. The van der Waals surface area contributed by atoms with Crippen molar-refractivity contribution in [3.63, 3.8) is 0 Å². The monoisotopic (exact) mass is 355 g/mol. The van der Waals surface area contributed by atoms with Gasteiger partial charge in [0.15, 0.2) is 4.80 Å². The summed E-state index contributed by atoms with van der Waals surface area (Å²) in [5, 5.41) is 13.0. The molecular formula is C18H17N3O3S. The van der Waals surface area contributed by atoms with Crippen LogP contribution >= 0.6 is 11.3 Å². The fourth-order valence-corrected chi connectivity index (χ4v) is 3.55. The Kier molecular flexibility index (Phi) is 4.95. The second-order valence-corrected chi connectivity index (χ2v) is 6.08. The number of methoxy groups -OCH3 is 1. The zero-order valence-electron chi connectivity index (χ0n) is 13.9. The molecule has 0 aliphatic heterocycles. The topological polar surface area (TPSA) is 69.7 Å². The lowest BCUT2D eigenvalue weighted by Gasteiger charge is -2.07. The van der Waals surface area contributed by atoms with Crippen LogP contribution in [-0.2, 0) is 6.54 Å². The summed E-state index contributed by atoms with van der Waals surface area (Å²) < 4.78 is 7.39. The van der Waals surface area contributed by atoms with Crippen LogP contribution < -0.4 is 9.54 Å². The molecule has 3 aromatic rings. The molecule has 128 valence electrons.